The number of pyridine rings is 1. The molecule has 14 heteroatoms. The van der Waals surface area contributed by atoms with E-state index < -0.39 is 24.1 Å². The second kappa shape index (κ2) is 11.1. The van der Waals surface area contributed by atoms with Gasteiger partial charge in [0.05, 0.1) is 23.7 Å². The molecule has 2 aliphatic rings. The lowest BCUT2D eigenvalue weighted by Gasteiger charge is -2.31. The summed E-state index contributed by atoms with van der Waals surface area (Å²) in [6.45, 7) is 5.45. The van der Waals surface area contributed by atoms with Crippen LogP contribution in [-0.2, 0) is 17.9 Å². The zero-order valence-electron chi connectivity index (χ0n) is 24.3. The number of piperidine rings is 1. The third-order valence-electron chi connectivity index (χ3n) is 8.55. The molecule has 4 atom stereocenters. The van der Waals surface area contributed by atoms with Crippen LogP contribution in [-0.4, -0.2) is 75.8 Å². The molecule has 2 fully saturated rings. The molecule has 5 N–H and O–H groups in total. The summed E-state index contributed by atoms with van der Waals surface area (Å²) in [4.78, 5) is 52.3. The van der Waals surface area contributed by atoms with Crippen LogP contribution in [0.5, 0.6) is 0 Å². The van der Waals surface area contributed by atoms with Crippen molar-refractivity contribution in [2.75, 3.05) is 5.32 Å². The molecule has 6 rings (SSSR count). The number of anilines is 1. The SMILES string of the molecule is CC(=O)c1nn(CC(O)N2C3C[C@]3(C)C[C@H]2C(=O)Nc2cc(C(=O)O)cc(Br)n2)c2c(CN)cc(-c3cnc(C)nc3)cc12. The number of aliphatic hydroxyl groups excluding tert-OH is 1. The molecule has 1 aromatic carbocycles. The second-order valence-electron chi connectivity index (χ2n) is 11.7. The van der Waals surface area contributed by atoms with E-state index >= 15 is 0 Å². The summed E-state index contributed by atoms with van der Waals surface area (Å²) >= 11 is 3.19. The van der Waals surface area contributed by atoms with Gasteiger partial charge >= 0.3 is 5.97 Å². The number of nitrogens with one attached hydrogen (secondary N) is 1. The summed E-state index contributed by atoms with van der Waals surface area (Å²) in [5.74, 6) is -1.06. The summed E-state index contributed by atoms with van der Waals surface area (Å²) in [5, 5.41) is 29.0. The highest BCUT2D eigenvalue weighted by Gasteiger charge is 2.64. The van der Waals surface area contributed by atoms with Gasteiger partial charge in [0.1, 0.15) is 28.2 Å². The van der Waals surface area contributed by atoms with Gasteiger partial charge in [0.2, 0.25) is 5.91 Å². The molecule has 228 valence electrons. The maximum absolute atomic E-state index is 13.5. The van der Waals surface area contributed by atoms with Gasteiger partial charge in [0.25, 0.3) is 0 Å². The Balaban J connectivity index is 1.32. The maximum Gasteiger partial charge on any atom is 0.335 e. The van der Waals surface area contributed by atoms with Gasteiger partial charge in [0.15, 0.2) is 5.78 Å². The normalized spacial score (nSPS) is 21.7. The van der Waals surface area contributed by atoms with Crippen molar-refractivity contribution >= 4 is 50.3 Å². The largest absolute Gasteiger partial charge is 0.478 e. The predicted molar refractivity (Wildman–Crippen MR) is 164 cm³/mol. The maximum atomic E-state index is 13.5. The highest BCUT2D eigenvalue weighted by Crippen LogP contribution is 2.59. The monoisotopic (exact) mass is 662 g/mol. The van der Waals surface area contributed by atoms with E-state index in [0.717, 1.165) is 23.1 Å². The van der Waals surface area contributed by atoms with E-state index in [9.17, 15) is 24.6 Å². The van der Waals surface area contributed by atoms with Crippen LogP contribution in [0.2, 0.25) is 0 Å². The van der Waals surface area contributed by atoms with Gasteiger partial charge in [-0.15, -0.1) is 0 Å². The number of aryl methyl sites for hydroxylation is 1. The number of ketones is 1. The minimum Gasteiger partial charge on any atom is -0.478 e. The molecule has 0 radical (unpaired) electrons. The Morgan fingerprint density at radius 2 is 1.89 bits per heavy atom. The number of carboxylic acids is 1. The first kappa shape index (κ1) is 29.9. The number of nitrogens with zero attached hydrogens (tertiary/aromatic N) is 6. The van der Waals surface area contributed by atoms with Gasteiger partial charge in [-0.1, -0.05) is 6.92 Å². The number of carbonyl (C=O) groups excluding carboxylic acids is 2. The first-order chi connectivity index (χ1) is 20.9. The number of rotatable bonds is 9. The van der Waals surface area contributed by atoms with E-state index in [0.29, 0.717) is 23.1 Å². The molecule has 0 bridgehead atoms. The molecular weight excluding hydrogens is 632 g/mol. The second-order valence-corrected chi connectivity index (χ2v) is 12.5. The van der Waals surface area contributed by atoms with E-state index in [1.165, 1.54) is 19.1 Å². The van der Waals surface area contributed by atoms with E-state index in [1.807, 2.05) is 12.1 Å². The number of carboxylic acid groups (broad SMARTS) is 1. The quantitative estimate of drug-likeness (QED) is 0.152. The zero-order valence-corrected chi connectivity index (χ0v) is 25.9. The summed E-state index contributed by atoms with van der Waals surface area (Å²) in [6.07, 6.45) is 3.63. The average molecular weight is 664 g/mol. The Morgan fingerprint density at radius 1 is 1.16 bits per heavy atom. The molecule has 1 aliphatic carbocycles. The molecule has 1 saturated heterocycles. The van der Waals surface area contributed by atoms with Crippen LogP contribution in [0, 0.1) is 12.3 Å². The van der Waals surface area contributed by atoms with Gasteiger partial charge in [-0.25, -0.2) is 19.7 Å². The van der Waals surface area contributed by atoms with Crippen molar-refractivity contribution in [3.05, 3.63) is 63.9 Å². The summed E-state index contributed by atoms with van der Waals surface area (Å²) < 4.78 is 1.86. The minimum absolute atomic E-state index is 0.0154. The molecule has 4 aromatic rings. The van der Waals surface area contributed by atoms with Crippen LogP contribution < -0.4 is 11.1 Å². The van der Waals surface area contributed by atoms with Gasteiger partial charge < -0.3 is 21.3 Å². The standard InChI is InChI=1S/C30H31BrN8O5/c1-14(40)26-20-5-16(19-11-33-15(2)34-12-19)4-18(10-32)27(20)38(37-26)13-25(41)39-21(8-30(3)9-22(30)39)28(42)36-24-7-17(29(43)44)6-23(31)35-24/h4-7,11-12,21-22,25,41H,8-10,13,32H2,1-3H3,(H,43,44)(H,35,36,42)/t21-,22?,25?,30-/m0/s1. The number of aromatic nitrogens is 5. The van der Waals surface area contributed by atoms with Crippen LogP contribution in [0.3, 0.4) is 0 Å². The zero-order chi connectivity index (χ0) is 31.5. The fourth-order valence-corrected chi connectivity index (χ4v) is 6.72. The summed E-state index contributed by atoms with van der Waals surface area (Å²) in [6, 6.07) is 5.67. The number of likely N-dealkylation sites (tertiary alicyclic amines) is 1. The highest BCUT2D eigenvalue weighted by atomic mass is 79.9. The number of carbonyl (C=O) groups is 3. The van der Waals surface area contributed by atoms with Crippen LogP contribution >= 0.6 is 15.9 Å². The van der Waals surface area contributed by atoms with Crippen LogP contribution in [0.1, 0.15) is 58.9 Å². The number of aromatic carboxylic acids is 1. The lowest BCUT2D eigenvalue weighted by atomic mass is 10.00. The first-order valence-electron chi connectivity index (χ1n) is 14.1. The number of fused-ring (bicyclic) bond motifs is 2. The Hall–Kier alpha value is -4.11. The molecule has 1 amide bonds. The van der Waals surface area contributed by atoms with Crippen LogP contribution in [0.4, 0.5) is 5.82 Å². The number of nitrogens with two attached hydrogens (primary N) is 1. The number of aliphatic hydroxyl groups is 1. The first-order valence-corrected chi connectivity index (χ1v) is 14.9. The van der Waals surface area contributed by atoms with Crippen molar-refractivity contribution in [2.45, 2.75) is 65.0 Å². The number of hydrogen-bond acceptors (Lipinski definition) is 10. The molecule has 13 nitrogen and oxygen atoms in total. The molecule has 4 heterocycles. The fourth-order valence-electron chi connectivity index (χ4n) is 6.28. The molecule has 1 aliphatic heterocycles. The van der Waals surface area contributed by atoms with Gasteiger partial charge in [-0.05, 0) is 76.5 Å². The van der Waals surface area contributed by atoms with Crippen molar-refractivity contribution in [3.8, 4) is 11.1 Å². The van der Waals surface area contributed by atoms with Crippen molar-refractivity contribution in [1.82, 2.24) is 29.6 Å². The number of benzene rings is 1. The lowest BCUT2D eigenvalue weighted by molar-refractivity contribution is -0.126. The van der Waals surface area contributed by atoms with Gasteiger partial charge in [0, 0.05) is 42.9 Å². The molecule has 44 heavy (non-hydrogen) atoms. The van der Waals surface area contributed by atoms with Crippen molar-refractivity contribution in [3.63, 3.8) is 0 Å². The Morgan fingerprint density at radius 3 is 2.55 bits per heavy atom. The van der Waals surface area contributed by atoms with Crippen molar-refractivity contribution in [1.29, 1.82) is 0 Å². The number of hydrogen-bond donors (Lipinski definition) is 4. The molecule has 3 aromatic heterocycles. The number of Topliss-reactive ketones (excluding diaryl/α,β-unsaturated/α-hetero) is 1. The number of halogens is 1. The Labute approximate surface area is 260 Å². The smallest absolute Gasteiger partial charge is 0.335 e. The topological polar surface area (TPSA) is 189 Å². The molecule has 0 spiro atoms. The third-order valence-corrected chi connectivity index (χ3v) is 8.96. The summed E-state index contributed by atoms with van der Waals surface area (Å²) in [5.41, 5.74) is 9.18. The predicted octanol–water partition coefficient (Wildman–Crippen LogP) is 3.13. The number of amides is 1. The molecule has 2 unspecified atom stereocenters. The van der Waals surface area contributed by atoms with Crippen molar-refractivity contribution < 1.29 is 24.6 Å². The van der Waals surface area contributed by atoms with Gasteiger partial charge in [-0.3, -0.25) is 19.2 Å². The fraction of sp³-hybridized carbons (Fsp3) is 0.367. The van der Waals surface area contributed by atoms with E-state index in [1.54, 1.807) is 28.9 Å². The van der Waals surface area contributed by atoms with E-state index in [2.05, 4.69) is 48.2 Å². The average Bonchev–Trinajstić information content (AvgIpc) is 3.33. The third kappa shape index (κ3) is 5.38. The summed E-state index contributed by atoms with van der Waals surface area (Å²) in [7, 11) is 0. The van der Waals surface area contributed by atoms with Crippen molar-refractivity contribution in [2.24, 2.45) is 11.1 Å². The Kier molecular flexibility index (Phi) is 7.56. The Bertz CT molecular complexity index is 1830. The van der Waals surface area contributed by atoms with Crippen LogP contribution in [0.15, 0.2) is 41.3 Å². The molecular formula is C30H31BrN8O5. The minimum atomic E-state index is -1.15. The van der Waals surface area contributed by atoms with Crippen LogP contribution in [0.25, 0.3) is 22.0 Å². The van der Waals surface area contributed by atoms with E-state index in [4.69, 9.17) is 5.73 Å². The molecule has 1 saturated carbocycles. The highest BCUT2D eigenvalue weighted by molar-refractivity contribution is 9.10. The van der Waals surface area contributed by atoms with Gasteiger partial charge in [-0.2, -0.15) is 5.10 Å². The lowest BCUT2D eigenvalue weighted by Crippen LogP contribution is -2.49. The van der Waals surface area contributed by atoms with E-state index in [-0.39, 0.29) is 52.0 Å².